The van der Waals surface area contributed by atoms with E-state index >= 15 is 0 Å². The van der Waals surface area contributed by atoms with Gasteiger partial charge in [0.05, 0.1) is 0 Å². The third kappa shape index (κ3) is 2.53. The van der Waals surface area contributed by atoms with Crippen LogP contribution in [0.4, 0.5) is 0 Å². The quantitative estimate of drug-likeness (QED) is 0.867. The minimum atomic E-state index is -0.922. The number of nitrogens with zero attached hydrogens (tertiary/aromatic N) is 4. The number of carboxylic acid groups (broad SMARTS) is 1. The van der Waals surface area contributed by atoms with Crippen LogP contribution in [0.25, 0.3) is 0 Å². The summed E-state index contributed by atoms with van der Waals surface area (Å²) in [5.41, 5.74) is 2.07. The van der Waals surface area contributed by atoms with E-state index in [0.717, 1.165) is 11.1 Å². The maximum Gasteiger partial charge on any atom is 0.314 e. The predicted molar refractivity (Wildman–Crippen MR) is 64.1 cm³/mol. The molecule has 0 saturated heterocycles. The van der Waals surface area contributed by atoms with Crippen molar-refractivity contribution >= 4 is 5.97 Å². The molecule has 1 aromatic heterocycles. The van der Waals surface area contributed by atoms with Crippen LogP contribution in [-0.4, -0.2) is 31.3 Å². The molecule has 6 heteroatoms. The summed E-state index contributed by atoms with van der Waals surface area (Å²) in [6, 6.07) is 7.77. The van der Waals surface area contributed by atoms with Crippen LogP contribution in [0.5, 0.6) is 0 Å². The van der Waals surface area contributed by atoms with E-state index < -0.39 is 11.9 Å². The molecule has 2 rings (SSSR count). The van der Waals surface area contributed by atoms with Crippen LogP contribution in [0.15, 0.2) is 24.3 Å². The molecular weight excluding hydrogens is 232 g/mol. The highest BCUT2D eigenvalue weighted by Crippen LogP contribution is 2.19. The Balaban J connectivity index is 2.28. The van der Waals surface area contributed by atoms with Gasteiger partial charge in [-0.05, 0) is 29.3 Å². The van der Waals surface area contributed by atoms with Crippen LogP contribution in [0.3, 0.4) is 0 Å². The van der Waals surface area contributed by atoms with Crippen molar-refractivity contribution in [3.8, 4) is 0 Å². The third-order valence-corrected chi connectivity index (χ3v) is 2.78. The molecule has 0 bridgehead atoms. The first kappa shape index (κ1) is 12.2. The van der Waals surface area contributed by atoms with Gasteiger partial charge in [0.25, 0.3) is 0 Å². The normalized spacial score (nSPS) is 12.3. The van der Waals surface area contributed by atoms with Crippen molar-refractivity contribution in [2.24, 2.45) is 7.05 Å². The second kappa shape index (κ2) is 4.95. The van der Waals surface area contributed by atoms with Gasteiger partial charge in [-0.15, -0.1) is 5.10 Å². The Morgan fingerprint density at radius 2 is 2.28 bits per heavy atom. The summed E-state index contributed by atoms with van der Waals surface area (Å²) in [4.78, 5) is 11.3. The van der Waals surface area contributed by atoms with Crippen molar-refractivity contribution in [1.82, 2.24) is 20.2 Å². The van der Waals surface area contributed by atoms with Crippen molar-refractivity contribution in [2.75, 3.05) is 0 Å². The molecule has 1 heterocycles. The average molecular weight is 246 g/mol. The van der Waals surface area contributed by atoms with Crippen LogP contribution >= 0.6 is 0 Å². The number of rotatable bonds is 4. The van der Waals surface area contributed by atoms with Gasteiger partial charge in [-0.1, -0.05) is 29.8 Å². The summed E-state index contributed by atoms with van der Waals surface area (Å²) in [7, 11) is 1.64. The Kier molecular flexibility index (Phi) is 3.36. The molecule has 1 unspecified atom stereocenters. The molecule has 0 spiro atoms. The molecule has 1 aromatic carbocycles. The molecule has 0 amide bonds. The van der Waals surface area contributed by atoms with Crippen LogP contribution in [0.1, 0.15) is 22.9 Å². The van der Waals surface area contributed by atoms with E-state index in [2.05, 4.69) is 15.5 Å². The fraction of sp³-hybridized carbons (Fsp3) is 0.333. The summed E-state index contributed by atoms with van der Waals surface area (Å²) >= 11 is 0. The van der Waals surface area contributed by atoms with E-state index in [9.17, 15) is 9.90 Å². The lowest BCUT2D eigenvalue weighted by Crippen LogP contribution is -2.19. The van der Waals surface area contributed by atoms with Crippen molar-refractivity contribution in [3.63, 3.8) is 0 Å². The molecule has 1 atom stereocenters. The van der Waals surface area contributed by atoms with E-state index in [1.165, 1.54) is 4.68 Å². The maximum absolute atomic E-state index is 11.3. The van der Waals surface area contributed by atoms with Crippen molar-refractivity contribution < 1.29 is 9.90 Å². The van der Waals surface area contributed by atoms with Gasteiger partial charge in [0, 0.05) is 7.05 Å². The van der Waals surface area contributed by atoms with Crippen LogP contribution < -0.4 is 0 Å². The fourth-order valence-electron chi connectivity index (χ4n) is 1.90. The summed E-state index contributed by atoms with van der Waals surface area (Å²) in [5, 5.41) is 20.2. The molecule has 1 N–H and O–H groups in total. The Labute approximate surface area is 104 Å². The van der Waals surface area contributed by atoms with Gasteiger partial charge in [0.2, 0.25) is 0 Å². The lowest BCUT2D eigenvalue weighted by atomic mass is 9.97. The third-order valence-electron chi connectivity index (χ3n) is 2.78. The van der Waals surface area contributed by atoms with E-state index in [0.29, 0.717) is 12.2 Å². The molecule has 2 aromatic rings. The number of carbonyl (C=O) groups is 1. The van der Waals surface area contributed by atoms with Crippen molar-refractivity contribution in [2.45, 2.75) is 19.3 Å². The van der Waals surface area contributed by atoms with Crippen LogP contribution in [-0.2, 0) is 18.3 Å². The molecule has 0 aliphatic heterocycles. The number of tetrazole rings is 1. The Bertz CT molecular complexity index is 565. The number of aliphatic carboxylic acids is 1. The highest BCUT2D eigenvalue weighted by atomic mass is 16.4. The summed E-state index contributed by atoms with van der Waals surface area (Å²) < 4.78 is 1.40. The van der Waals surface area contributed by atoms with E-state index in [1.54, 1.807) is 7.05 Å². The Hall–Kier alpha value is -2.24. The first-order chi connectivity index (χ1) is 8.58. The number of aryl methyl sites for hydroxylation is 2. The lowest BCUT2D eigenvalue weighted by molar-refractivity contribution is -0.139. The number of aromatic nitrogens is 4. The standard InChI is InChI=1S/C12H14N4O2/c1-8-4-3-5-9(6-8)7-10(12(17)18)11-13-14-15-16(11)2/h3-6,10H,7H2,1-2H3,(H,17,18). The summed E-state index contributed by atoms with van der Waals surface area (Å²) in [5.74, 6) is -1.29. The summed E-state index contributed by atoms with van der Waals surface area (Å²) in [6.45, 7) is 1.98. The van der Waals surface area contributed by atoms with Crippen LogP contribution in [0.2, 0.25) is 0 Å². The van der Waals surface area contributed by atoms with Gasteiger partial charge in [0.1, 0.15) is 5.92 Å². The molecule has 0 fully saturated rings. The van der Waals surface area contributed by atoms with Crippen LogP contribution in [0, 0.1) is 6.92 Å². The Morgan fingerprint density at radius 1 is 1.50 bits per heavy atom. The second-order valence-corrected chi connectivity index (χ2v) is 4.24. The zero-order valence-corrected chi connectivity index (χ0v) is 10.2. The number of benzene rings is 1. The largest absolute Gasteiger partial charge is 0.481 e. The molecular formula is C12H14N4O2. The first-order valence-corrected chi connectivity index (χ1v) is 5.58. The van der Waals surface area contributed by atoms with Gasteiger partial charge >= 0.3 is 5.97 Å². The smallest absolute Gasteiger partial charge is 0.314 e. The number of carboxylic acids is 1. The molecule has 18 heavy (non-hydrogen) atoms. The zero-order chi connectivity index (χ0) is 13.1. The van der Waals surface area contributed by atoms with Gasteiger partial charge in [-0.2, -0.15) is 0 Å². The monoisotopic (exact) mass is 246 g/mol. The Morgan fingerprint density at radius 3 is 2.83 bits per heavy atom. The highest BCUT2D eigenvalue weighted by molar-refractivity contribution is 5.75. The van der Waals surface area contributed by atoms with E-state index in [-0.39, 0.29) is 0 Å². The topological polar surface area (TPSA) is 80.9 Å². The lowest BCUT2D eigenvalue weighted by Gasteiger charge is -2.11. The van der Waals surface area contributed by atoms with E-state index in [4.69, 9.17) is 0 Å². The van der Waals surface area contributed by atoms with Crippen molar-refractivity contribution in [3.05, 3.63) is 41.2 Å². The van der Waals surface area contributed by atoms with Gasteiger partial charge in [-0.25, -0.2) is 4.68 Å². The molecule has 6 nitrogen and oxygen atoms in total. The summed E-state index contributed by atoms with van der Waals surface area (Å²) in [6.07, 6.45) is 0.380. The minimum Gasteiger partial charge on any atom is -0.481 e. The first-order valence-electron chi connectivity index (χ1n) is 5.58. The van der Waals surface area contributed by atoms with Gasteiger partial charge < -0.3 is 5.11 Å². The van der Waals surface area contributed by atoms with Gasteiger partial charge in [0.15, 0.2) is 5.82 Å². The maximum atomic E-state index is 11.3. The molecule has 0 saturated carbocycles. The molecule has 0 aliphatic rings. The SMILES string of the molecule is Cc1cccc(CC(C(=O)O)c2nnnn2C)c1. The average Bonchev–Trinajstić information content (AvgIpc) is 2.72. The molecule has 94 valence electrons. The van der Waals surface area contributed by atoms with Crippen molar-refractivity contribution in [1.29, 1.82) is 0 Å². The molecule has 0 radical (unpaired) electrons. The number of hydrogen-bond acceptors (Lipinski definition) is 4. The number of hydrogen-bond donors (Lipinski definition) is 1. The minimum absolute atomic E-state index is 0.365. The predicted octanol–water partition coefficient (Wildman–Crippen LogP) is 0.929. The second-order valence-electron chi connectivity index (χ2n) is 4.24. The zero-order valence-electron chi connectivity index (χ0n) is 10.2. The fourth-order valence-corrected chi connectivity index (χ4v) is 1.90. The molecule has 0 aliphatic carbocycles. The van der Waals surface area contributed by atoms with Gasteiger partial charge in [-0.3, -0.25) is 4.79 Å². The highest BCUT2D eigenvalue weighted by Gasteiger charge is 2.25. The van der Waals surface area contributed by atoms with E-state index in [1.807, 2.05) is 31.2 Å².